The largest absolute Gasteiger partial charge is 0.491 e. The van der Waals surface area contributed by atoms with E-state index in [1.165, 1.54) is 11.1 Å². The van der Waals surface area contributed by atoms with Crippen molar-refractivity contribution in [3.05, 3.63) is 65.7 Å². The number of hydrogen-bond donors (Lipinski definition) is 2. The number of nitrogens with zero attached hydrogens (tertiary/aromatic N) is 1. The van der Waals surface area contributed by atoms with Crippen molar-refractivity contribution < 1.29 is 14.6 Å². The summed E-state index contributed by atoms with van der Waals surface area (Å²) in [7, 11) is 2.01. The number of ether oxygens (including phenoxy) is 2. The molecule has 0 heterocycles. The SMILES string of the molecule is CC(C)OCCCNCc1ccc(OCC(O)CN(C)Cc2ccccc2)cc1. The van der Waals surface area contributed by atoms with Gasteiger partial charge in [0.25, 0.3) is 0 Å². The van der Waals surface area contributed by atoms with Crippen molar-refractivity contribution in [3.63, 3.8) is 0 Å². The summed E-state index contributed by atoms with van der Waals surface area (Å²) in [5.41, 5.74) is 2.45. The van der Waals surface area contributed by atoms with Gasteiger partial charge in [-0.05, 0) is 57.1 Å². The predicted molar refractivity (Wildman–Crippen MR) is 118 cm³/mol. The zero-order valence-corrected chi connectivity index (χ0v) is 18.0. The summed E-state index contributed by atoms with van der Waals surface area (Å²) in [6.07, 6.45) is 0.777. The number of rotatable bonds is 14. The maximum absolute atomic E-state index is 10.2. The van der Waals surface area contributed by atoms with Crippen LogP contribution >= 0.6 is 0 Å². The first-order valence-electron chi connectivity index (χ1n) is 10.5. The minimum Gasteiger partial charge on any atom is -0.491 e. The molecule has 0 aromatic heterocycles. The second-order valence-corrected chi connectivity index (χ2v) is 7.74. The van der Waals surface area contributed by atoms with Crippen molar-refractivity contribution in [2.24, 2.45) is 0 Å². The molecule has 0 aliphatic rings. The van der Waals surface area contributed by atoms with E-state index in [-0.39, 0.29) is 6.61 Å². The van der Waals surface area contributed by atoms with Crippen molar-refractivity contribution in [1.82, 2.24) is 10.2 Å². The van der Waals surface area contributed by atoms with E-state index in [0.717, 1.165) is 38.4 Å². The fraction of sp³-hybridized carbons (Fsp3) is 0.500. The summed E-state index contributed by atoms with van der Waals surface area (Å²) in [4.78, 5) is 2.10. The van der Waals surface area contributed by atoms with Crippen molar-refractivity contribution in [2.75, 3.05) is 33.4 Å². The van der Waals surface area contributed by atoms with Crippen LogP contribution in [0.15, 0.2) is 54.6 Å². The van der Waals surface area contributed by atoms with Crippen LogP contribution in [0.5, 0.6) is 5.75 Å². The molecule has 2 aromatic carbocycles. The van der Waals surface area contributed by atoms with Gasteiger partial charge < -0.3 is 19.9 Å². The summed E-state index contributed by atoms with van der Waals surface area (Å²) in [6, 6.07) is 18.3. The Hall–Kier alpha value is -1.92. The standard InChI is InChI=1S/C24H36N2O3/c1-20(2)28-15-7-14-25-16-21-10-12-24(13-11-21)29-19-23(27)18-26(3)17-22-8-5-4-6-9-22/h4-6,8-13,20,23,25,27H,7,14-19H2,1-3H3. The van der Waals surface area contributed by atoms with Crippen LogP contribution in [0, 0.1) is 0 Å². The van der Waals surface area contributed by atoms with E-state index >= 15 is 0 Å². The molecule has 29 heavy (non-hydrogen) atoms. The Morgan fingerprint density at radius 2 is 1.72 bits per heavy atom. The highest BCUT2D eigenvalue weighted by molar-refractivity contribution is 5.27. The van der Waals surface area contributed by atoms with Gasteiger partial charge >= 0.3 is 0 Å². The zero-order valence-electron chi connectivity index (χ0n) is 18.0. The van der Waals surface area contributed by atoms with E-state index in [2.05, 4.69) is 48.3 Å². The smallest absolute Gasteiger partial charge is 0.119 e. The Balaban J connectivity index is 1.61. The molecule has 0 fully saturated rings. The Morgan fingerprint density at radius 1 is 1.00 bits per heavy atom. The lowest BCUT2D eigenvalue weighted by molar-refractivity contribution is 0.0743. The van der Waals surface area contributed by atoms with Crippen LogP contribution < -0.4 is 10.1 Å². The minimum absolute atomic E-state index is 0.284. The number of likely N-dealkylation sites (N-methyl/N-ethyl adjacent to an activating group) is 1. The van der Waals surface area contributed by atoms with E-state index < -0.39 is 6.10 Å². The molecule has 2 N–H and O–H groups in total. The van der Waals surface area contributed by atoms with E-state index in [1.54, 1.807) is 0 Å². The maximum Gasteiger partial charge on any atom is 0.119 e. The molecule has 0 saturated heterocycles. The molecule has 0 aliphatic carbocycles. The lowest BCUT2D eigenvalue weighted by Gasteiger charge is -2.21. The zero-order chi connectivity index (χ0) is 20.9. The highest BCUT2D eigenvalue weighted by Gasteiger charge is 2.10. The lowest BCUT2D eigenvalue weighted by Crippen LogP contribution is -2.32. The van der Waals surface area contributed by atoms with E-state index in [1.807, 2.05) is 37.4 Å². The molecule has 0 bridgehead atoms. The van der Waals surface area contributed by atoms with Gasteiger partial charge in [0.15, 0.2) is 0 Å². The number of aliphatic hydroxyl groups is 1. The highest BCUT2D eigenvalue weighted by atomic mass is 16.5. The van der Waals surface area contributed by atoms with Crippen molar-refractivity contribution in [2.45, 2.75) is 45.6 Å². The quantitative estimate of drug-likeness (QED) is 0.476. The first-order chi connectivity index (χ1) is 14.0. The van der Waals surface area contributed by atoms with Crippen LogP contribution in [0.1, 0.15) is 31.4 Å². The van der Waals surface area contributed by atoms with Crippen molar-refractivity contribution in [1.29, 1.82) is 0 Å². The molecule has 2 rings (SSSR count). The van der Waals surface area contributed by atoms with Crippen molar-refractivity contribution in [3.8, 4) is 5.75 Å². The summed E-state index contributed by atoms with van der Waals surface area (Å²) in [5, 5.41) is 13.7. The first kappa shape index (κ1) is 23.4. The third-order valence-electron chi connectivity index (χ3n) is 4.46. The first-order valence-corrected chi connectivity index (χ1v) is 10.5. The molecule has 0 saturated carbocycles. The Morgan fingerprint density at radius 3 is 2.41 bits per heavy atom. The fourth-order valence-electron chi connectivity index (χ4n) is 3.02. The summed E-state index contributed by atoms with van der Waals surface area (Å²) in [5.74, 6) is 0.781. The average Bonchev–Trinajstić information content (AvgIpc) is 2.70. The van der Waals surface area contributed by atoms with E-state index in [0.29, 0.717) is 12.6 Å². The monoisotopic (exact) mass is 400 g/mol. The van der Waals surface area contributed by atoms with Crippen LogP contribution in [-0.2, 0) is 17.8 Å². The van der Waals surface area contributed by atoms with Crippen molar-refractivity contribution >= 4 is 0 Å². The van der Waals surface area contributed by atoms with Crippen LogP contribution in [0.3, 0.4) is 0 Å². The van der Waals surface area contributed by atoms with Crippen LogP contribution in [0.4, 0.5) is 0 Å². The summed E-state index contributed by atoms with van der Waals surface area (Å²) < 4.78 is 11.3. The molecule has 0 aliphatic heterocycles. The third kappa shape index (κ3) is 10.4. The molecule has 5 nitrogen and oxygen atoms in total. The Kier molecular flexibility index (Phi) is 10.7. The molecule has 0 amide bonds. The molecule has 160 valence electrons. The van der Waals surface area contributed by atoms with Gasteiger partial charge in [0.1, 0.15) is 18.5 Å². The van der Waals surface area contributed by atoms with Crippen LogP contribution in [-0.4, -0.2) is 55.6 Å². The Bertz CT molecular complexity index is 662. The van der Waals surface area contributed by atoms with Gasteiger partial charge in [-0.2, -0.15) is 0 Å². The Labute approximate surface area is 175 Å². The molecule has 0 spiro atoms. The third-order valence-corrected chi connectivity index (χ3v) is 4.46. The van der Waals surface area contributed by atoms with Gasteiger partial charge in [-0.3, -0.25) is 4.90 Å². The lowest BCUT2D eigenvalue weighted by atomic mass is 10.2. The molecule has 0 radical (unpaired) electrons. The van der Waals surface area contributed by atoms with Crippen LogP contribution in [0.25, 0.3) is 0 Å². The fourth-order valence-corrected chi connectivity index (χ4v) is 3.02. The van der Waals surface area contributed by atoms with Gasteiger partial charge in [-0.15, -0.1) is 0 Å². The maximum atomic E-state index is 10.2. The second-order valence-electron chi connectivity index (χ2n) is 7.74. The van der Waals surface area contributed by atoms with Gasteiger partial charge in [0, 0.05) is 26.2 Å². The molecular formula is C24H36N2O3. The molecule has 1 unspecified atom stereocenters. The predicted octanol–water partition coefficient (Wildman–Crippen LogP) is 3.46. The topological polar surface area (TPSA) is 54.0 Å². The number of hydrogen-bond acceptors (Lipinski definition) is 5. The normalized spacial score (nSPS) is 12.5. The summed E-state index contributed by atoms with van der Waals surface area (Å²) >= 11 is 0. The molecule has 1 atom stereocenters. The van der Waals surface area contributed by atoms with Crippen LogP contribution in [0.2, 0.25) is 0 Å². The van der Waals surface area contributed by atoms with E-state index in [4.69, 9.17) is 9.47 Å². The number of aliphatic hydroxyl groups excluding tert-OH is 1. The molecule has 5 heteroatoms. The van der Waals surface area contributed by atoms with Gasteiger partial charge in [-0.25, -0.2) is 0 Å². The minimum atomic E-state index is -0.530. The van der Waals surface area contributed by atoms with Gasteiger partial charge in [0.05, 0.1) is 6.10 Å². The highest BCUT2D eigenvalue weighted by Crippen LogP contribution is 2.13. The number of benzene rings is 2. The molecular weight excluding hydrogens is 364 g/mol. The van der Waals surface area contributed by atoms with E-state index in [9.17, 15) is 5.11 Å². The number of nitrogens with one attached hydrogen (secondary N) is 1. The second kappa shape index (κ2) is 13.3. The average molecular weight is 401 g/mol. The molecule has 2 aromatic rings. The van der Waals surface area contributed by atoms with Gasteiger partial charge in [-0.1, -0.05) is 42.5 Å². The summed E-state index contributed by atoms with van der Waals surface area (Å²) in [6.45, 7) is 8.33. The van der Waals surface area contributed by atoms with Gasteiger partial charge in [0.2, 0.25) is 0 Å².